The zero-order valence-corrected chi connectivity index (χ0v) is 35.2. The highest BCUT2D eigenvalue weighted by atomic mass is 16.5. The average molecular weight is 818 g/mol. The Hall–Kier alpha value is -6.38. The van der Waals surface area contributed by atoms with E-state index in [1.54, 1.807) is 4.90 Å². The summed E-state index contributed by atoms with van der Waals surface area (Å²) >= 11 is 0. The van der Waals surface area contributed by atoms with Crippen molar-refractivity contribution in [3.05, 3.63) is 84.7 Å². The van der Waals surface area contributed by atoms with Crippen LogP contribution in [0.15, 0.2) is 73.1 Å². The highest BCUT2D eigenvalue weighted by molar-refractivity contribution is 5.91. The van der Waals surface area contributed by atoms with Crippen LogP contribution in [0.1, 0.15) is 96.2 Å². The van der Waals surface area contributed by atoms with Gasteiger partial charge in [0.05, 0.1) is 44.0 Å². The number of imidazole rings is 2. The first-order valence-corrected chi connectivity index (χ1v) is 20.8. The molecule has 5 amide bonds. The molecule has 3 atom stereocenters. The number of hydrazine groups is 2. The number of benzene rings is 3. The molecule has 316 valence electrons. The summed E-state index contributed by atoms with van der Waals surface area (Å²) in [4.78, 5) is 69.7. The Morgan fingerprint density at radius 1 is 0.667 bits per heavy atom. The van der Waals surface area contributed by atoms with Gasteiger partial charge in [0.1, 0.15) is 11.6 Å². The summed E-state index contributed by atoms with van der Waals surface area (Å²) in [6.07, 6.45) is 8.36. The van der Waals surface area contributed by atoms with Gasteiger partial charge in [-0.15, -0.1) is 0 Å². The molecule has 1 saturated carbocycles. The molecule has 2 fully saturated rings. The number of aromatic nitrogens is 4. The van der Waals surface area contributed by atoms with Crippen LogP contribution in [-0.2, 0) is 14.3 Å². The van der Waals surface area contributed by atoms with Gasteiger partial charge in [-0.2, -0.15) is 0 Å². The molecule has 2 unspecified atom stereocenters. The first-order valence-electron chi connectivity index (χ1n) is 20.8. The summed E-state index contributed by atoms with van der Waals surface area (Å²) in [5, 5.41) is 4.89. The lowest BCUT2D eigenvalue weighted by molar-refractivity contribution is -0.142. The molecule has 3 aromatic carbocycles. The summed E-state index contributed by atoms with van der Waals surface area (Å²) in [6.45, 7) is 7.96. The van der Waals surface area contributed by atoms with E-state index in [0.29, 0.717) is 12.4 Å². The van der Waals surface area contributed by atoms with Gasteiger partial charge in [-0.3, -0.25) is 4.79 Å². The molecule has 15 heteroatoms. The molecular weight excluding hydrogens is 763 g/mol. The number of hydrogen-bond donors (Lipinski definition) is 4. The van der Waals surface area contributed by atoms with Crippen LogP contribution < -0.4 is 10.9 Å². The Morgan fingerprint density at radius 3 is 1.87 bits per heavy atom. The first kappa shape index (κ1) is 41.8. The number of carbonyl (C=O) groups excluding carboxylic acids is 4. The van der Waals surface area contributed by atoms with Crippen molar-refractivity contribution in [2.45, 2.75) is 96.7 Å². The summed E-state index contributed by atoms with van der Waals surface area (Å²) in [7, 11) is 2.55. The van der Waals surface area contributed by atoms with E-state index in [-0.39, 0.29) is 41.9 Å². The smallest absolute Gasteiger partial charge is 0.425 e. The van der Waals surface area contributed by atoms with Gasteiger partial charge in [0.15, 0.2) is 0 Å². The van der Waals surface area contributed by atoms with Crippen LogP contribution in [0.5, 0.6) is 0 Å². The zero-order chi connectivity index (χ0) is 42.5. The molecule has 5 aromatic rings. The van der Waals surface area contributed by atoms with E-state index >= 15 is 0 Å². The molecule has 7 rings (SSSR count). The molecule has 0 radical (unpaired) electrons. The highest BCUT2D eigenvalue weighted by Gasteiger charge is 2.38. The van der Waals surface area contributed by atoms with Gasteiger partial charge in [-0.1, -0.05) is 61.4 Å². The lowest BCUT2D eigenvalue weighted by atomic mass is 9.78. The number of aromatic amines is 2. The number of amides is 5. The first-order chi connectivity index (χ1) is 28.9. The molecular formula is C45H55N9O6. The molecule has 1 aliphatic heterocycles. The molecule has 2 aromatic heterocycles. The fraction of sp³-hybridized carbons (Fsp3) is 0.422. The van der Waals surface area contributed by atoms with Crippen molar-refractivity contribution in [1.29, 1.82) is 0 Å². The monoisotopic (exact) mass is 817 g/mol. The number of fused-ring (bicyclic) bond motifs is 1. The number of urea groups is 1. The van der Waals surface area contributed by atoms with Crippen molar-refractivity contribution in [2.24, 2.45) is 5.92 Å². The van der Waals surface area contributed by atoms with Crippen molar-refractivity contribution in [3.8, 4) is 33.6 Å². The molecule has 1 aliphatic carbocycles. The normalized spacial score (nSPS) is 18.0. The quantitative estimate of drug-likeness (QED) is 0.112. The molecule has 2 aliphatic rings. The van der Waals surface area contributed by atoms with Crippen molar-refractivity contribution >= 4 is 34.9 Å². The second-order valence-electron chi connectivity index (χ2n) is 16.2. The molecule has 4 N–H and O–H groups in total. The second kappa shape index (κ2) is 18.3. The SMILES string of the molecule is COC(=O)NN(C(=O)[C@@H]1CCCCC1c1ncc(-c2ccc3cc(-c4ccc(-c5cnc(C6CCCCN6C(=O)N(NC(=O)OC)C(C)C)[nH]5)cc4)ccc3c2)[nH]1)C(C)C. The minimum Gasteiger partial charge on any atom is -0.452 e. The number of ether oxygens (including phenoxy) is 2. The summed E-state index contributed by atoms with van der Waals surface area (Å²) in [6, 6.07) is 20.1. The summed E-state index contributed by atoms with van der Waals surface area (Å²) < 4.78 is 9.52. The van der Waals surface area contributed by atoms with E-state index in [2.05, 4.69) is 81.5 Å². The Kier molecular flexibility index (Phi) is 12.7. The lowest BCUT2D eigenvalue weighted by Crippen LogP contribution is -2.56. The predicted molar refractivity (Wildman–Crippen MR) is 228 cm³/mol. The number of piperidine rings is 1. The fourth-order valence-corrected chi connectivity index (χ4v) is 8.40. The van der Waals surface area contributed by atoms with Gasteiger partial charge in [0.25, 0.3) is 0 Å². The van der Waals surface area contributed by atoms with Crippen LogP contribution >= 0.6 is 0 Å². The third-order valence-corrected chi connectivity index (χ3v) is 11.6. The van der Waals surface area contributed by atoms with Crippen LogP contribution in [0.25, 0.3) is 44.4 Å². The summed E-state index contributed by atoms with van der Waals surface area (Å²) in [5.41, 5.74) is 11.0. The number of nitrogens with zero attached hydrogens (tertiary/aromatic N) is 5. The van der Waals surface area contributed by atoms with Gasteiger partial charge in [-0.05, 0) is 99.4 Å². The Bertz CT molecular complexity index is 2320. The summed E-state index contributed by atoms with van der Waals surface area (Å²) in [5.74, 6) is 0.947. The van der Waals surface area contributed by atoms with Crippen LogP contribution in [0.3, 0.4) is 0 Å². The van der Waals surface area contributed by atoms with E-state index in [1.165, 1.54) is 24.2 Å². The topological polar surface area (TPSA) is 178 Å². The second-order valence-corrected chi connectivity index (χ2v) is 16.2. The van der Waals surface area contributed by atoms with Crippen LogP contribution in [-0.4, -0.2) is 91.8 Å². The van der Waals surface area contributed by atoms with Crippen LogP contribution in [0, 0.1) is 5.92 Å². The zero-order valence-electron chi connectivity index (χ0n) is 35.2. The Labute approximate surface area is 350 Å². The van der Waals surface area contributed by atoms with Gasteiger partial charge >= 0.3 is 18.2 Å². The number of carbonyl (C=O) groups is 4. The Morgan fingerprint density at radius 2 is 1.20 bits per heavy atom. The van der Waals surface area contributed by atoms with E-state index in [9.17, 15) is 19.2 Å². The van der Waals surface area contributed by atoms with E-state index < -0.39 is 12.2 Å². The van der Waals surface area contributed by atoms with E-state index in [4.69, 9.17) is 19.4 Å². The highest BCUT2D eigenvalue weighted by Crippen LogP contribution is 2.39. The number of nitrogens with one attached hydrogen (secondary N) is 4. The van der Waals surface area contributed by atoms with Gasteiger partial charge in [0, 0.05) is 36.0 Å². The van der Waals surface area contributed by atoms with Crippen molar-refractivity contribution < 1.29 is 28.7 Å². The maximum Gasteiger partial charge on any atom is 0.425 e. The van der Waals surface area contributed by atoms with Crippen molar-refractivity contribution in [2.75, 3.05) is 20.8 Å². The molecule has 60 heavy (non-hydrogen) atoms. The number of likely N-dealkylation sites (tertiary alicyclic amines) is 1. The predicted octanol–water partition coefficient (Wildman–Crippen LogP) is 8.70. The van der Waals surface area contributed by atoms with Gasteiger partial charge in [-0.25, -0.2) is 45.2 Å². The third-order valence-electron chi connectivity index (χ3n) is 11.6. The van der Waals surface area contributed by atoms with Crippen LogP contribution in [0.4, 0.5) is 14.4 Å². The van der Waals surface area contributed by atoms with Crippen LogP contribution in [0.2, 0.25) is 0 Å². The number of hydrogen-bond acceptors (Lipinski definition) is 8. The fourth-order valence-electron chi connectivity index (χ4n) is 8.40. The third kappa shape index (κ3) is 8.94. The minimum atomic E-state index is -0.694. The molecule has 3 heterocycles. The molecule has 15 nitrogen and oxygen atoms in total. The van der Waals surface area contributed by atoms with E-state index in [0.717, 1.165) is 95.2 Å². The number of H-pyrrole nitrogens is 2. The van der Waals surface area contributed by atoms with E-state index in [1.807, 2.05) is 40.1 Å². The molecule has 0 spiro atoms. The maximum absolute atomic E-state index is 13.7. The standard InChI is InChI=1S/C45H55N9O6/c1-27(2)53(50-43(56)59-5)42(55)36-12-8-7-11-35(36)40-46-26-38(48-40)34-21-20-32-23-31(18-19-33(32)24-34)29-14-16-30(17-15-29)37-25-47-41(49-37)39-13-9-10-22-52(39)45(58)54(28(3)4)51-44(57)60-6/h14-21,23-28,35-36,39H,7-13,22H2,1-6H3,(H,46,48)(H,47,49)(H,50,56)(H,51,57)/t35?,36-,39?/m1/s1. The molecule has 1 saturated heterocycles. The van der Waals surface area contributed by atoms with Crippen molar-refractivity contribution in [1.82, 2.24) is 45.7 Å². The Balaban J connectivity index is 1.04. The number of methoxy groups -OCH3 is 2. The number of rotatable bonds is 8. The molecule has 0 bridgehead atoms. The van der Waals surface area contributed by atoms with Crippen molar-refractivity contribution in [3.63, 3.8) is 0 Å². The lowest BCUT2D eigenvalue weighted by Gasteiger charge is -2.39. The largest absolute Gasteiger partial charge is 0.452 e. The van der Waals surface area contributed by atoms with Gasteiger partial charge in [0.2, 0.25) is 5.91 Å². The average Bonchev–Trinajstić information content (AvgIpc) is 3.98. The minimum absolute atomic E-state index is 0.0949. The van der Waals surface area contributed by atoms with Gasteiger partial charge < -0.3 is 24.3 Å². The maximum atomic E-state index is 13.7.